The van der Waals surface area contributed by atoms with Gasteiger partial charge >= 0.3 is 0 Å². The zero-order valence-corrected chi connectivity index (χ0v) is 9.54. The van der Waals surface area contributed by atoms with Crippen LogP contribution < -0.4 is 4.90 Å². The highest BCUT2D eigenvalue weighted by Crippen LogP contribution is 2.24. The highest BCUT2D eigenvalue weighted by molar-refractivity contribution is 5.80. The van der Waals surface area contributed by atoms with Crippen LogP contribution in [0.25, 0.3) is 10.9 Å². The predicted octanol–water partition coefficient (Wildman–Crippen LogP) is 2.40. The molecule has 0 saturated carbocycles. The Labute approximate surface area is 100 Å². The molecule has 1 unspecified atom stereocenters. The van der Waals surface area contributed by atoms with E-state index in [0.717, 1.165) is 42.4 Å². The minimum atomic E-state index is 0.00339. The molecule has 0 bridgehead atoms. The molecular formula is C14H14N2O. The molecule has 3 rings (SSSR count). The van der Waals surface area contributed by atoms with Crippen molar-refractivity contribution in [3.8, 4) is 0 Å². The Bertz CT molecular complexity index is 553. The normalized spacial score (nSPS) is 19.8. The van der Waals surface area contributed by atoms with Crippen molar-refractivity contribution in [2.75, 3.05) is 11.4 Å². The van der Waals surface area contributed by atoms with Crippen LogP contribution in [0.5, 0.6) is 0 Å². The number of hydrogen-bond donors (Lipinski definition) is 0. The molecule has 0 spiro atoms. The second kappa shape index (κ2) is 4.17. The van der Waals surface area contributed by atoms with Gasteiger partial charge in [0, 0.05) is 11.9 Å². The molecule has 0 aliphatic carbocycles. The number of carbonyl (C=O) groups excluding carboxylic acids is 1. The lowest BCUT2D eigenvalue weighted by Crippen LogP contribution is -2.30. The van der Waals surface area contributed by atoms with E-state index in [1.54, 1.807) is 0 Å². The minimum absolute atomic E-state index is 0.00339. The number of para-hydroxylation sites is 1. The number of anilines is 1. The molecule has 1 aromatic carbocycles. The summed E-state index contributed by atoms with van der Waals surface area (Å²) in [5, 5.41) is 1.14. The van der Waals surface area contributed by atoms with Crippen LogP contribution in [0.3, 0.4) is 0 Å². The van der Waals surface area contributed by atoms with Gasteiger partial charge in [0.1, 0.15) is 12.1 Å². The molecule has 1 fully saturated rings. The number of nitrogens with zero attached hydrogens (tertiary/aromatic N) is 2. The summed E-state index contributed by atoms with van der Waals surface area (Å²) >= 11 is 0. The van der Waals surface area contributed by atoms with Crippen molar-refractivity contribution >= 4 is 23.0 Å². The molecule has 2 aromatic rings. The highest BCUT2D eigenvalue weighted by atomic mass is 16.1. The van der Waals surface area contributed by atoms with Gasteiger partial charge in [-0.15, -0.1) is 0 Å². The third kappa shape index (κ3) is 1.78. The molecule has 0 amide bonds. The van der Waals surface area contributed by atoms with E-state index < -0.39 is 0 Å². The topological polar surface area (TPSA) is 33.2 Å². The third-order valence-corrected chi connectivity index (χ3v) is 3.33. The molecule has 1 atom stereocenters. The van der Waals surface area contributed by atoms with Gasteiger partial charge in [0.2, 0.25) is 0 Å². The molecule has 17 heavy (non-hydrogen) atoms. The summed E-state index contributed by atoms with van der Waals surface area (Å²) in [7, 11) is 0. The Kier molecular flexibility index (Phi) is 2.52. The fraction of sp³-hybridized carbons (Fsp3) is 0.286. The molecule has 2 heterocycles. The molecule has 1 aromatic heterocycles. The van der Waals surface area contributed by atoms with E-state index in [1.807, 2.05) is 30.3 Å². The van der Waals surface area contributed by atoms with Crippen LogP contribution >= 0.6 is 0 Å². The van der Waals surface area contributed by atoms with Gasteiger partial charge in [-0.3, -0.25) is 0 Å². The first-order valence-electron chi connectivity index (χ1n) is 5.96. The van der Waals surface area contributed by atoms with Crippen LogP contribution in [-0.2, 0) is 4.79 Å². The first kappa shape index (κ1) is 10.3. The number of aromatic nitrogens is 1. The van der Waals surface area contributed by atoms with Gasteiger partial charge < -0.3 is 9.69 Å². The fourth-order valence-corrected chi connectivity index (χ4v) is 2.43. The standard InChI is InChI=1S/C14H14N2O/c17-10-12-5-3-9-16(12)14-8-7-11-4-1-2-6-13(11)15-14/h1-2,4,6-8,10,12H,3,5,9H2. The minimum Gasteiger partial charge on any atom is -0.347 e. The quantitative estimate of drug-likeness (QED) is 0.737. The summed E-state index contributed by atoms with van der Waals surface area (Å²) in [6.45, 7) is 0.925. The molecule has 86 valence electrons. The van der Waals surface area contributed by atoms with Crippen LogP contribution in [0.15, 0.2) is 36.4 Å². The van der Waals surface area contributed by atoms with E-state index in [0.29, 0.717) is 0 Å². The summed E-state index contributed by atoms with van der Waals surface area (Å²) in [6, 6.07) is 12.1. The Morgan fingerprint density at radius 1 is 1.24 bits per heavy atom. The van der Waals surface area contributed by atoms with Crippen molar-refractivity contribution in [2.45, 2.75) is 18.9 Å². The van der Waals surface area contributed by atoms with E-state index in [1.165, 1.54) is 0 Å². The van der Waals surface area contributed by atoms with E-state index in [9.17, 15) is 4.79 Å². The van der Waals surface area contributed by atoms with Gasteiger partial charge in [-0.1, -0.05) is 18.2 Å². The summed E-state index contributed by atoms with van der Waals surface area (Å²) in [5.41, 5.74) is 0.988. The molecule has 0 radical (unpaired) electrons. The maximum absolute atomic E-state index is 11.0. The number of aldehydes is 1. The van der Waals surface area contributed by atoms with Gasteiger partial charge in [-0.25, -0.2) is 4.98 Å². The van der Waals surface area contributed by atoms with Crippen molar-refractivity contribution in [1.82, 2.24) is 4.98 Å². The molecular weight excluding hydrogens is 212 g/mol. The van der Waals surface area contributed by atoms with Crippen LogP contribution in [0.2, 0.25) is 0 Å². The van der Waals surface area contributed by atoms with Crippen LogP contribution in [0.1, 0.15) is 12.8 Å². The first-order valence-corrected chi connectivity index (χ1v) is 5.96. The van der Waals surface area contributed by atoms with Gasteiger partial charge in [0.05, 0.1) is 11.6 Å². The number of rotatable bonds is 2. The molecule has 3 heteroatoms. The fourth-order valence-electron chi connectivity index (χ4n) is 2.43. The highest BCUT2D eigenvalue weighted by Gasteiger charge is 2.24. The molecule has 1 aliphatic heterocycles. The summed E-state index contributed by atoms with van der Waals surface area (Å²) in [5.74, 6) is 0.915. The maximum atomic E-state index is 11.0. The average Bonchev–Trinajstić information content (AvgIpc) is 2.86. The Morgan fingerprint density at radius 2 is 2.12 bits per heavy atom. The molecule has 1 aliphatic rings. The lowest BCUT2D eigenvalue weighted by Gasteiger charge is -2.21. The monoisotopic (exact) mass is 226 g/mol. The number of hydrogen-bond acceptors (Lipinski definition) is 3. The van der Waals surface area contributed by atoms with Crippen LogP contribution in [0, 0.1) is 0 Å². The Morgan fingerprint density at radius 3 is 3.00 bits per heavy atom. The largest absolute Gasteiger partial charge is 0.347 e. The Balaban J connectivity index is 2.02. The smallest absolute Gasteiger partial charge is 0.142 e. The lowest BCUT2D eigenvalue weighted by atomic mass is 10.2. The lowest BCUT2D eigenvalue weighted by molar-refractivity contribution is -0.108. The average molecular weight is 226 g/mol. The number of fused-ring (bicyclic) bond motifs is 1. The van der Waals surface area contributed by atoms with Crippen molar-refractivity contribution in [1.29, 1.82) is 0 Å². The van der Waals surface area contributed by atoms with E-state index in [2.05, 4.69) is 16.0 Å². The number of pyridine rings is 1. The van der Waals surface area contributed by atoms with Crippen molar-refractivity contribution < 1.29 is 4.79 Å². The zero-order chi connectivity index (χ0) is 11.7. The predicted molar refractivity (Wildman–Crippen MR) is 68.2 cm³/mol. The van der Waals surface area contributed by atoms with Crippen molar-refractivity contribution in [3.05, 3.63) is 36.4 Å². The first-order chi connectivity index (χ1) is 8.38. The van der Waals surface area contributed by atoms with Crippen molar-refractivity contribution in [2.24, 2.45) is 0 Å². The van der Waals surface area contributed by atoms with E-state index >= 15 is 0 Å². The van der Waals surface area contributed by atoms with Crippen molar-refractivity contribution in [3.63, 3.8) is 0 Å². The number of benzene rings is 1. The second-order valence-electron chi connectivity index (χ2n) is 4.40. The number of carbonyl (C=O) groups is 1. The molecule has 3 nitrogen and oxygen atoms in total. The van der Waals surface area contributed by atoms with Gasteiger partial charge in [0.25, 0.3) is 0 Å². The maximum Gasteiger partial charge on any atom is 0.142 e. The third-order valence-electron chi connectivity index (χ3n) is 3.33. The Hall–Kier alpha value is -1.90. The van der Waals surface area contributed by atoms with E-state index in [4.69, 9.17) is 0 Å². The SMILES string of the molecule is O=CC1CCCN1c1ccc2ccccc2n1. The molecule has 1 saturated heterocycles. The summed E-state index contributed by atoms with van der Waals surface area (Å²) in [4.78, 5) is 17.7. The van der Waals surface area contributed by atoms with E-state index in [-0.39, 0.29) is 6.04 Å². The molecule has 0 N–H and O–H groups in total. The van der Waals surface area contributed by atoms with Crippen LogP contribution in [-0.4, -0.2) is 23.9 Å². The zero-order valence-electron chi connectivity index (χ0n) is 9.54. The van der Waals surface area contributed by atoms with Gasteiger partial charge in [0.15, 0.2) is 0 Å². The second-order valence-corrected chi connectivity index (χ2v) is 4.40. The van der Waals surface area contributed by atoms with Gasteiger partial charge in [-0.2, -0.15) is 0 Å². The van der Waals surface area contributed by atoms with Crippen LogP contribution in [0.4, 0.5) is 5.82 Å². The van der Waals surface area contributed by atoms with Gasteiger partial charge in [-0.05, 0) is 31.0 Å². The summed E-state index contributed by atoms with van der Waals surface area (Å²) in [6.07, 6.45) is 3.04. The summed E-state index contributed by atoms with van der Waals surface area (Å²) < 4.78 is 0.